The number of hydrogen-bond donors (Lipinski definition) is 0. The fourth-order valence-corrected chi connectivity index (χ4v) is 2.51. The second-order valence-corrected chi connectivity index (χ2v) is 4.44. The Morgan fingerprint density at radius 3 is 2.62 bits per heavy atom. The van der Waals surface area contributed by atoms with Crippen molar-refractivity contribution in [1.82, 2.24) is 4.90 Å². The molecule has 2 atom stereocenters. The molecule has 72 valence electrons. The van der Waals surface area contributed by atoms with Crippen molar-refractivity contribution in [2.45, 2.75) is 39.2 Å². The lowest BCUT2D eigenvalue weighted by molar-refractivity contribution is -0.114. The monoisotopic (exact) mass is 179 g/mol. The molecule has 0 N–H and O–H groups in total. The number of nitrogens with zero attached hydrogens (tertiary/aromatic N) is 1. The second kappa shape index (κ2) is 3.17. The number of likely N-dealkylation sites (tertiary alicyclic amines) is 1. The van der Waals surface area contributed by atoms with E-state index in [0.29, 0.717) is 11.8 Å². The summed E-state index contributed by atoms with van der Waals surface area (Å²) >= 11 is 0. The van der Waals surface area contributed by atoms with Gasteiger partial charge in [0.1, 0.15) is 0 Å². The molecule has 0 spiro atoms. The summed E-state index contributed by atoms with van der Waals surface area (Å²) in [6, 6.07) is 0.632. The molecule has 2 unspecified atom stereocenters. The van der Waals surface area contributed by atoms with Crippen molar-refractivity contribution >= 4 is 5.78 Å². The van der Waals surface area contributed by atoms with E-state index in [2.05, 4.69) is 18.7 Å². The zero-order valence-electron chi connectivity index (χ0n) is 8.42. The molecule has 0 saturated carbocycles. The van der Waals surface area contributed by atoms with Crippen LogP contribution in [0.1, 0.15) is 33.1 Å². The summed E-state index contributed by atoms with van der Waals surface area (Å²) in [6.45, 7) is 5.68. The van der Waals surface area contributed by atoms with E-state index in [1.54, 1.807) is 0 Å². The normalized spacial score (nSPS) is 34.2. The van der Waals surface area contributed by atoms with Gasteiger partial charge in [0.05, 0.1) is 0 Å². The lowest BCUT2D eigenvalue weighted by Gasteiger charge is -2.24. The molecule has 0 aromatic heterocycles. The Balaban J connectivity index is 2.09. The fraction of sp³-hybridized carbons (Fsp3) is 0.727. The molecule has 0 amide bonds. The van der Waals surface area contributed by atoms with Crippen LogP contribution in [0.4, 0.5) is 0 Å². The average Bonchev–Trinajstić information content (AvgIpc) is 2.58. The first-order chi connectivity index (χ1) is 6.16. The summed E-state index contributed by atoms with van der Waals surface area (Å²) in [4.78, 5) is 13.5. The molecule has 1 fully saturated rings. The highest BCUT2D eigenvalue weighted by Crippen LogP contribution is 2.30. The van der Waals surface area contributed by atoms with E-state index in [4.69, 9.17) is 0 Å². The number of hydrogen-bond acceptors (Lipinski definition) is 2. The van der Waals surface area contributed by atoms with Crippen LogP contribution in [-0.4, -0.2) is 23.3 Å². The van der Waals surface area contributed by atoms with Crippen LogP contribution in [0.15, 0.2) is 11.8 Å². The Kier molecular flexibility index (Phi) is 2.14. The van der Waals surface area contributed by atoms with Gasteiger partial charge in [-0.15, -0.1) is 0 Å². The molecule has 2 nitrogen and oxygen atoms in total. The Hall–Kier alpha value is -0.790. The number of rotatable bonds is 1. The summed E-state index contributed by atoms with van der Waals surface area (Å²) in [6.07, 6.45) is 4.81. The smallest absolute Gasteiger partial charge is 0.157 e. The summed E-state index contributed by atoms with van der Waals surface area (Å²) in [7, 11) is 0. The molecule has 1 aliphatic heterocycles. The largest absolute Gasteiger partial charge is 0.372 e. The third kappa shape index (κ3) is 1.62. The summed E-state index contributed by atoms with van der Waals surface area (Å²) in [5.41, 5.74) is 1.28. The third-order valence-corrected chi connectivity index (χ3v) is 3.11. The molecule has 0 bridgehead atoms. The number of allylic oxidation sites excluding steroid dienone is 2. The zero-order chi connectivity index (χ0) is 9.42. The molecule has 1 aliphatic carbocycles. The Labute approximate surface area is 79.6 Å². The van der Waals surface area contributed by atoms with Crippen LogP contribution >= 0.6 is 0 Å². The molecule has 13 heavy (non-hydrogen) atoms. The van der Waals surface area contributed by atoms with Gasteiger partial charge < -0.3 is 4.90 Å². The van der Waals surface area contributed by atoms with Gasteiger partial charge in [0.15, 0.2) is 5.78 Å². The molecule has 2 rings (SSSR count). The van der Waals surface area contributed by atoms with E-state index in [0.717, 1.165) is 25.3 Å². The van der Waals surface area contributed by atoms with Crippen molar-refractivity contribution in [3.63, 3.8) is 0 Å². The highest BCUT2D eigenvalue weighted by atomic mass is 16.1. The van der Waals surface area contributed by atoms with Gasteiger partial charge in [-0.25, -0.2) is 0 Å². The minimum atomic E-state index is 0.307. The molecule has 0 radical (unpaired) electrons. The quantitative estimate of drug-likeness (QED) is 0.613. The molecule has 0 aromatic carbocycles. The lowest BCUT2D eigenvalue weighted by Crippen LogP contribution is -2.25. The minimum absolute atomic E-state index is 0.307. The minimum Gasteiger partial charge on any atom is -0.372 e. The average molecular weight is 179 g/mol. The number of ketones is 1. The summed E-state index contributed by atoms with van der Waals surface area (Å²) in [5, 5.41) is 0. The SMILES string of the molecule is CC1CC(C)N(C2=CC(=O)CC2)C1. The molecular weight excluding hydrogens is 162 g/mol. The molecule has 2 heteroatoms. The van der Waals surface area contributed by atoms with E-state index < -0.39 is 0 Å². The van der Waals surface area contributed by atoms with E-state index in [1.807, 2.05) is 6.08 Å². The molecule has 1 saturated heterocycles. The van der Waals surface area contributed by atoms with Crippen LogP contribution in [0, 0.1) is 5.92 Å². The van der Waals surface area contributed by atoms with Gasteiger partial charge in [0.25, 0.3) is 0 Å². The van der Waals surface area contributed by atoms with Gasteiger partial charge in [-0.2, -0.15) is 0 Å². The predicted molar refractivity (Wildman–Crippen MR) is 52.3 cm³/mol. The van der Waals surface area contributed by atoms with Crippen LogP contribution < -0.4 is 0 Å². The van der Waals surface area contributed by atoms with Gasteiger partial charge in [0, 0.05) is 30.8 Å². The van der Waals surface area contributed by atoms with Crippen LogP contribution in [0.3, 0.4) is 0 Å². The molecule has 2 aliphatic rings. The summed E-state index contributed by atoms with van der Waals surface area (Å²) in [5.74, 6) is 1.09. The van der Waals surface area contributed by atoms with Crippen LogP contribution in [0.5, 0.6) is 0 Å². The van der Waals surface area contributed by atoms with E-state index >= 15 is 0 Å². The van der Waals surface area contributed by atoms with Crippen molar-refractivity contribution in [3.05, 3.63) is 11.8 Å². The lowest BCUT2D eigenvalue weighted by atomic mass is 10.1. The van der Waals surface area contributed by atoms with Gasteiger partial charge in [-0.3, -0.25) is 4.79 Å². The third-order valence-electron chi connectivity index (χ3n) is 3.11. The summed E-state index contributed by atoms with van der Waals surface area (Å²) < 4.78 is 0. The van der Waals surface area contributed by atoms with E-state index in [1.165, 1.54) is 12.1 Å². The first-order valence-corrected chi connectivity index (χ1v) is 5.17. The van der Waals surface area contributed by atoms with Gasteiger partial charge in [0.2, 0.25) is 0 Å². The Bertz CT molecular complexity index is 257. The standard InChI is InChI=1S/C11H17NO/c1-8-5-9(2)12(7-8)10-3-4-11(13)6-10/h6,8-9H,3-5,7H2,1-2H3. The van der Waals surface area contributed by atoms with Crippen molar-refractivity contribution in [1.29, 1.82) is 0 Å². The van der Waals surface area contributed by atoms with E-state index in [-0.39, 0.29) is 0 Å². The zero-order valence-corrected chi connectivity index (χ0v) is 8.42. The Morgan fingerprint density at radius 1 is 1.38 bits per heavy atom. The van der Waals surface area contributed by atoms with Crippen LogP contribution in [0.2, 0.25) is 0 Å². The van der Waals surface area contributed by atoms with Gasteiger partial charge >= 0.3 is 0 Å². The first kappa shape index (κ1) is 8.79. The highest BCUT2D eigenvalue weighted by Gasteiger charge is 2.29. The first-order valence-electron chi connectivity index (χ1n) is 5.17. The molecular formula is C11H17NO. The van der Waals surface area contributed by atoms with Crippen LogP contribution in [0.25, 0.3) is 0 Å². The van der Waals surface area contributed by atoms with E-state index in [9.17, 15) is 4.79 Å². The molecule has 1 heterocycles. The maximum atomic E-state index is 11.1. The topological polar surface area (TPSA) is 20.3 Å². The Morgan fingerprint density at radius 2 is 2.15 bits per heavy atom. The number of carbonyl (C=O) groups is 1. The van der Waals surface area contributed by atoms with Crippen molar-refractivity contribution in [3.8, 4) is 0 Å². The van der Waals surface area contributed by atoms with Crippen LogP contribution in [-0.2, 0) is 4.79 Å². The maximum Gasteiger partial charge on any atom is 0.157 e. The second-order valence-electron chi connectivity index (χ2n) is 4.44. The van der Waals surface area contributed by atoms with Gasteiger partial charge in [-0.1, -0.05) is 6.92 Å². The molecule has 0 aromatic rings. The van der Waals surface area contributed by atoms with Crippen molar-refractivity contribution in [2.75, 3.05) is 6.54 Å². The maximum absolute atomic E-state index is 11.1. The fourth-order valence-electron chi connectivity index (χ4n) is 2.51. The van der Waals surface area contributed by atoms with Gasteiger partial charge in [-0.05, 0) is 25.7 Å². The van der Waals surface area contributed by atoms with Crippen molar-refractivity contribution < 1.29 is 4.79 Å². The highest BCUT2D eigenvalue weighted by molar-refractivity contribution is 5.92. The predicted octanol–water partition coefficient (Wildman–Crippen LogP) is 1.96. The van der Waals surface area contributed by atoms with Crippen molar-refractivity contribution in [2.24, 2.45) is 5.92 Å². The number of carbonyl (C=O) groups excluding carboxylic acids is 1.